The minimum absolute atomic E-state index is 0.205. The molecule has 0 amide bonds. The Labute approximate surface area is 180 Å². The molecule has 3 rings (SSSR count). The van der Waals surface area contributed by atoms with Crippen molar-refractivity contribution in [3.05, 3.63) is 53.5 Å². The van der Waals surface area contributed by atoms with Gasteiger partial charge in [-0.1, -0.05) is 39.5 Å². The van der Waals surface area contributed by atoms with Crippen molar-refractivity contribution >= 4 is 22.8 Å². The number of aryl methyl sites for hydroxylation is 1. The molecule has 5 heteroatoms. The number of fused-ring (bicyclic) bond motifs is 1. The molecule has 5 nitrogen and oxygen atoms in total. The van der Waals surface area contributed by atoms with Crippen molar-refractivity contribution in [2.24, 2.45) is 21.8 Å². The van der Waals surface area contributed by atoms with Gasteiger partial charge >= 0.3 is 0 Å². The summed E-state index contributed by atoms with van der Waals surface area (Å²) >= 11 is 0. The first-order valence-corrected chi connectivity index (χ1v) is 10.9. The summed E-state index contributed by atoms with van der Waals surface area (Å²) in [7, 11) is 1.64. The molecule has 0 saturated carbocycles. The van der Waals surface area contributed by atoms with Crippen molar-refractivity contribution in [2.45, 2.75) is 40.5 Å². The molecule has 1 aromatic heterocycles. The molecule has 1 atom stereocenters. The van der Waals surface area contributed by atoms with Crippen LogP contribution < -0.4 is 5.32 Å². The average Bonchev–Trinajstić information content (AvgIpc) is 2.75. The lowest BCUT2D eigenvalue weighted by Gasteiger charge is -2.24. The lowest BCUT2D eigenvalue weighted by Crippen LogP contribution is -2.33. The van der Waals surface area contributed by atoms with Gasteiger partial charge in [-0.25, -0.2) is 4.98 Å². The number of aliphatic imine (C=N–C) groups is 2. The van der Waals surface area contributed by atoms with Gasteiger partial charge in [0, 0.05) is 12.5 Å². The Balaban J connectivity index is 1.75. The molecular formula is C25H34N4O. The SMILES string of the molecule is C=C(/C=C(/C1=NCCN=C1[C@H](C)CNc1ccc2c(n1)C(C)=CCC2)C(C)C)OC. The van der Waals surface area contributed by atoms with Crippen LogP contribution in [0.2, 0.25) is 0 Å². The normalized spacial score (nSPS) is 17.5. The third-order valence-corrected chi connectivity index (χ3v) is 5.64. The second-order valence-electron chi connectivity index (χ2n) is 8.33. The van der Waals surface area contributed by atoms with Crippen molar-refractivity contribution in [1.82, 2.24) is 4.98 Å². The molecule has 1 aliphatic heterocycles. The molecule has 1 aromatic rings. The molecular weight excluding hydrogens is 372 g/mol. The number of hydrogen-bond donors (Lipinski definition) is 1. The third kappa shape index (κ3) is 5.07. The first-order valence-electron chi connectivity index (χ1n) is 10.9. The highest BCUT2D eigenvalue weighted by Crippen LogP contribution is 2.26. The molecule has 2 heterocycles. The molecule has 0 bridgehead atoms. The number of rotatable bonds is 8. The van der Waals surface area contributed by atoms with Gasteiger partial charge in [0.25, 0.3) is 0 Å². The van der Waals surface area contributed by atoms with E-state index in [1.807, 2.05) is 6.08 Å². The van der Waals surface area contributed by atoms with Gasteiger partial charge in [0.1, 0.15) is 11.6 Å². The van der Waals surface area contributed by atoms with E-state index in [1.54, 1.807) is 7.11 Å². The van der Waals surface area contributed by atoms with Crippen molar-refractivity contribution in [1.29, 1.82) is 0 Å². The zero-order valence-electron chi connectivity index (χ0n) is 19.0. The van der Waals surface area contributed by atoms with E-state index in [2.05, 4.69) is 57.8 Å². The van der Waals surface area contributed by atoms with E-state index in [0.29, 0.717) is 11.7 Å². The molecule has 160 valence electrons. The maximum atomic E-state index is 5.29. The summed E-state index contributed by atoms with van der Waals surface area (Å²) in [5, 5.41) is 3.52. The maximum absolute atomic E-state index is 5.29. The summed E-state index contributed by atoms with van der Waals surface area (Å²) in [6.45, 7) is 14.8. The van der Waals surface area contributed by atoms with E-state index >= 15 is 0 Å². The van der Waals surface area contributed by atoms with Crippen LogP contribution in [0.4, 0.5) is 5.82 Å². The van der Waals surface area contributed by atoms with Crippen LogP contribution >= 0.6 is 0 Å². The number of ether oxygens (including phenoxy) is 1. The van der Waals surface area contributed by atoms with Crippen LogP contribution in [0.1, 0.15) is 45.4 Å². The average molecular weight is 407 g/mol. The van der Waals surface area contributed by atoms with Crippen LogP contribution in [0.3, 0.4) is 0 Å². The number of anilines is 1. The number of pyridine rings is 1. The quantitative estimate of drug-likeness (QED) is 0.482. The largest absolute Gasteiger partial charge is 0.497 e. The van der Waals surface area contributed by atoms with E-state index in [1.165, 1.54) is 11.1 Å². The van der Waals surface area contributed by atoms with Gasteiger partial charge in [-0.05, 0) is 54.5 Å². The van der Waals surface area contributed by atoms with Gasteiger partial charge in [0.05, 0.1) is 37.3 Å². The maximum Gasteiger partial charge on any atom is 0.126 e. The third-order valence-electron chi connectivity index (χ3n) is 5.64. The Bertz CT molecular complexity index is 921. The number of hydrogen-bond acceptors (Lipinski definition) is 5. The summed E-state index contributed by atoms with van der Waals surface area (Å²) in [5.74, 6) is 2.06. The summed E-state index contributed by atoms with van der Waals surface area (Å²) < 4.78 is 5.29. The molecule has 0 unspecified atom stereocenters. The highest BCUT2D eigenvalue weighted by molar-refractivity contribution is 6.49. The van der Waals surface area contributed by atoms with Crippen molar-refractivity contribution in [2.75, 3.05) is 32.1 Å². The van der Waals surface area contributed by atoms with Crippen LogP contribution in [-0.4, -0.2) is 43.2 Å². The highest BCUT2D eigenvalue weighted by atomic mass is 16.5. The van der Waals surface area contributed by atoms with E-state index in [9.17, 15) is 0 Å². The Morgan fingerprint density at radius 1 is 1.23 bits per heavy atom. The van der Waals surface area contributed by atoms with E-state index in [4.69, 9.17) is 19.7 Å². The predicted molar refractivity (Wildman–Crippen MR) is 128 cm³/mol. The molecule has 1 aliphatic carbocycles. The van der Waals surface area contributed by atoms with Crippen molar-refractivity contribution < 1.29 is 4.74 Å². The Morgan fingerprint density at radius 2 is 2.00 bits per heavy atom. The van der Waals surface area contributed by atoms with Crippen LogP contribution in [-0.2, 0) is 11.2 Å². The molecule has 1 N–H and O–H groups in total. The fourth-order valence-corrected chi connectivity index (χ4v) is 3.88. The van der Waals surface area contributed by atoms with Crippen LogP contribution in [0.25, 0.3) is 5.57 Å². The Hall–Kier alpha value is -2.69. The van der Waals surface area contributed by atoms with Gasteiger partial charge in [0.15, 0.2) is 0 Å². The zero-order chi connectivity index (χ0) is 21.7. The summed E-state index contributed by atoms with van der Waals surface area (Å²) in [5.41, 5.74) is 6.89. The first-order chi connectivity index (χ1) is 14.4. The minimum atomic E-state index is 0.205. The Morgan fingerprint density at radius 3 is 2.73 bits per heavy atom. The number of nitrogens with zero attached hydrogens (tertiary/aromatic N) is 3. The van der Waals surface area contributed by atoms with Gasteiger partial charge < -0.3 is 10.1 Å². The fourth-order valence-electron chi connectivity index (χ4n) is 3.88. The molecule has 0 radical (unpaired) electrons. The zero-order valence-corrected chi connectivity index (χ0v) is 19.0. The van der Waals surface area contributed by atoms with Gasteiger partial charge in [-0.3, -0.25) is 9.98 Å². The second kappa shape index (κ2) is 9.88. The molecule has 2 aliphatic rings. The lowest BCUT2D eigenvalue weighted by molar-refractivity contribution is 0.308. The van der Waals surface area contributed by atoms with E-state index in [-0.39, 0.29) is 5.92 Å². The number of methoxy groups -OCH3 is 1. The number of allylic oxidation sites excluding steroid dienone is 4. The molecule has 0 saturated heterocycles. The lowest BCUT2D eigenvalue weighted by atomic mass is 9.89. The summed E-state index contributed by atoms with van der Waals surface area (Å²) in [6, 6.07) is 4.29. The standard InChI is InChI=1S/C25H34N4O/c1-16(2)21(14-19(5)30-6)25-24(26-12-13-27-25)18(4)15-28-22-11-10-20-9-7-8-17(3)23(20)29-22/h8,10-11,14,16,18H,5,7,9,12-13,15H2,1-4,6H3,(H,28,29)/b21-14+/t18-/m1/s1. The molecule has 0 aromatic carbocycles. The van der Waals surface area contributed by atoms with E-state index < -0.39 is 0 Å². The number of nitrogens with one attached hydrogen (secondary N) is 1. The highest BCUT2D eigenvalue weighted by Gasteiger charge is 2.24. The van der Waals surface area contributed by atoms with Crippen molar-refractivity contribution in [3.63, 3.8) is 0 Å². The second-order valence-corrected chi connectivity index (χ2v) is 8.33. The number of aromatic nitrogens is 1. The van der Waals surface area contributed by atoms with Gasteiger partial charge in [0.2, 0.25) is 0 Å². The first kappa shape index (κ1) is 22.0. The minimum Gasteiger partial charge on any atom is -0.497 e. The fraction of sp³-hybridized carbons (Fsp3) is 0.480. The molecule has 30 heavy (non-hydrogen) atoms. The predicted octanol–water partition coefficient (Wildman–Crippen LogP) is 5.12. The Kier molecular flexibility index (Phi) is 7.24. The van der Waals surface area contributed by atoms with Crippen molar-refractivity contribution in [3.8, 4) is 0 Å². The van der Waals surface area contributed by atoms with Gasteiger partial charge in [-0.2, -0.15) is 0 Å². The van der Waals surface area contributed by atoms with Gasteiger partial charge in [-0.15, -0.1) is 0 Å². The van der Waals surface area contributed by atoms with Crippen LogP contribution in [0, 0.1) is 11.8 Å². The van der Waals surface area contributed by atoms with E-state index in [0.717, 1.165) is 61.0 Å². The summed E-state index contributed by atoms with van der Waals surface area (Å²) in [4.78, 5) is 14.5. The van der Waals surface area contributed by atoms with Crippen LogP contribution in [0.15, 0.2) is 52.2 Å². The topological polar surface area (TPSA) is 58.9 Å². The smallest absolute Gasteiger partial charge is 0.126 e. The molecule has 0 spiro atoms. The summed E-state index contributed by atoms with van der Waals surface area (Å²) in [6.07, 6.45) is 6.44. The van der Waals surface area contributed by atoms with Crippen LogP contribution in [0.5, 0.6) is 0 Å². The monoisotopic (exact) mass is 406 g/mol. The molecule has 0 fully saturated rings.